The Morgan fingerprint density at radius 1 is 1.19 bits per heavy atom. The molecule has 0 saturated carbocycles. The highest BCUT2D eigenvalue weighted by atomic mass is 127. The van der Waals surface area contributed by atoms with Crippen LogP contribution in [0.25, 0.3) is 0 Å². The van der Waals surface area contributed by atoms with E-state index in [-0.39, 0.29) is 42.9 Å². The van der Waals surface area contributed by atoms with E-state index in [9.17, 15) is 13.2 Å². The van der Waals surface area contributed by atoms with Gasteiger partial charge in [0.15, 0.2) is 5.96 Å². The minimum absolute atomic E-state index is 0. The molecular formula is C21H34F3IN4O2. The smallest absolute Gasteiger partial charge is 0.419 e. The Hall–Kier alpha value is -1.27. The van der Waals surface area contributed by atoms with Crippen molar-refractivity contribution in [1.82, 2.24) is 15.5 Å². The van der Waals surface area contributed by atoms with Crippen LogP contribution in [0.5, 0.6) is 5.75 Å². The van der Waals surface area contributed by atoms with Crippen LogP contribution in [-0.4, -0.2) is 69.9 Å². The summed E-state index contributed by atoms with van der Waals surface area (Å²) in [7, 11) is 1.72. The Morgan fingerprint density at radius 2 is 1.90 bits per heavy atom. The van der Waals surface area contributed by atoms with Crippen molar-refractivity contribution in [2.45, 2.75) is 38.4 Å². The third-order valence-corrected chi connectivity index (χ3v) is 4.91. The third-order valence-electron chi connectivity index (χ3n) is 4.91. The predicted octanol–water partition coefficient (Wildman–Crippen LogP) is 3.76. The summed E-state index contributed by atoms with van der Waals surface area (Å²) in [4.78, 5) is 6.89. The molecular weight excluding hydrogens is 524 g/mol. The molecule has 0 radical (unpaired) electrons. The summed E-state index contributed by atoms with van der Waals surface area (Å²) in [6.07, 6.45) is -1.36. The molecule has 1 aromatic rings. The lowest BCUT2D eigenvalue weighted by Crippen LogP contribution is -2.49. The number of nitrogens with zero attached hydrogens (tertiary/aromatic N) is 2. The van der Waals surface area contributed by atoms with Crippen molar-refractivity contribution < 1.29 is 22.6 Å². The van der Waals surface area contributed by atoms with Crippen LogP contribution >= 0.6 is 24.0 Å². The van der Waals surface area contributed by atoms with Gasteiger partial charge in [0.2, 0.25) is 0 Å². The average Bonchev–Trinajstić information content (AvgIpc) is 2.72. The average molecular weight is 558 g/mol. The molecule has 0 aliphatic carbocycles. The zero-order valence-corrected chi connectivity index (χ0v) is 20.5. The Morgan fingerprint density at radius 3 is 2.55 bits per heavy atom. The van der Waals surface area contributed by atoms with E-state index in [0.29, 0.717) is 18.5 Å². The van der Waals surface area contributed by atoms with E-state index < -0.39 is 11.7 Å². The SMILES string of the molecule is CCNC(=NCCOc1ccccc1C(F)(F)F)NC1CCN(CCCOC)CC1.I. The summed E-state index contributed by atoms with van der Waals surface area (Å²) >= 11 is 0. The fourth-order valence-electron chi connectivity index (χ4n) is 3.39. The summed E-state index contributed by atoms with van der Waals surface area (Å²) in [6.45, 7) is 6.90. The maximum absolute atomic E-state index is 13.0. The van der Waals surface area contributed by atoms with E-state index in [1.165, 1.54) is 18.2 Å². The first-order valence-corrected chi connectivity index (χ1v) is 10.5. The molecule has 10 heteroatoms. The first-order chi connectivity index (χ1) is 14.4. The van der Waals surface area contributed by atoms with Gasteiger partial charge in [-0.05, 0) is 38.3 Å². The normalized spacial score (nSPS) is 16.0. The summed E-state index contributed by atoms with van der Waals surface area (Å²) in [5, 5.41) is 6.62. The molecule has 178 valence electrons. The summed E-state index contributed by atoms with van der Waals surface area (Å²) < 4.78 is 49.5. The second-order valence-electron chi connectivity index (χ2n) is 7.21. The van der Waals surface area contributed by atoms with Crippen LogP contribution in [0.3, 0.4) is 0 Å². The van der Waals surface area contributed by atoms with Gasteiger partial charge in [-0.3, -0.25) is 0 Å². The zero-order chi connectivity index (χ0) is 21.8. The number of methoxy groups -OCH3 is 1. The van der Waals surface area contributed by atoms with Crippen LogP contribution in [0.4, 0.5) is 13.2 Å². The number of nitrogens with one attached hydrogen (secondary N) is 2. The van der Waals surface area contributed by atoms with Crippen molar-refractivity contribution in [1.29, 1.82) is 0 Å². The van der Waals surface area contributed by atoms with Gasteiger partial charge in [-0.15, -0.1) is 24.0 Å². The van der Waals surface area contributed by atoms with Crippen molar-refractivity contribution in [3.05, 3.63) is 29.8 Å². The molecule has 6 nitrogen and oxygen atoms in total. The Bertz CT molecular complexity index is 654. The number of alkyl halides is 3. The van der Waals surface area contributed by atoms with Gasteiger partial charge in [0, 0.05) is 45.9 Å². The van der Waals surface area contributed by atoms with Crippen molar-refractivity contribution >= 4 is 29.9 Å². The number of aliphatic imine (C=N–C) groups is 1. The zero-order valence-electron chi connectivity index (χ0n) is 18.2. The molecule has 0 bridgehead atoms. The molecule has 1 saturated heterocycles. The van der Waals surface area contributed by atoms with Crippen molar-refractivity contribution in [3.63, 3.8) is 0 Å². The molecule has 2 rings (SSSR count). The first kappa shape index (κ1) is 27.8. The highest BCUT2D eigenvalue weighted by molar-refractivity contribution is 14.0. The minimum Gasteiger partial charge on any atom is -0.491 e. The number of guanidine groups is 1. The molecule has 1 aliphatic heterocycles. The van der Waals surface area contributed by atoms with Crippen LogP contribution in [0.2, 0.25) is 0 Å². The molecule has 1 heterocycles. The quantitative estimate of drug-likeness (QED) is 0.198. The van der Waals surface area contributed by atoms with E-state index in [0.717, 1.165) is 51.6 Å². The molecule has 2 N–H and O–H groups in total. The topological polar surface area (TPSA) is 58.1 Å². The lowest BCUT2D eigenvalue weighted by Gasteiger charge is -2.33. The number of hydrogen-bond donors (Lipinski definition) is 2. The van der Waals surface area contributed by atoms with E-state index >= 15 is 0 Å². The Kier molecular flexibility index (Phi) is 13.2. The maximum Gasteiger partial charge on any atom is 0.419 e. The molecule has 0 aromatic heterocycles. The highest BCUT2D eigenvalue weighted by Crippen LogP contribution is 2.35. The van der Waals surface area contributed by atoms with E-state index in [4.69, 9.17) is 9.47 Å². The molecule has 0 atom stereocenters. The maximum atomic E-state index is 13.0. The van der Waals surface area contributed by atoms with Crippen LogP contribution in [0.1, 0.15) is 31.7 Å². The number of hydrogen-bond acceptors (Lipinski definition) is 4. The van der Waals surface area contributed by atoms with Crippen molar-refractivity contribution in [2.24, 2.45) is 4.99 Å². The van der Waals surface area contributed by atoms with Crippen LogP contribution in [0.15, 0.2) is 29.3 Å². The molecule has 1 fully saturated rings. The van der Waals surface area contributed by atoms with Gasteiger partial charge in [0.25, 0.3) is 0 Å². The number of likely N-dealkylation sites (tertiary alicyclic amines) is 1. The fourth-order valence-corrected chi connectivity index (χ4v) is 3.39. The van der Waals surface area contributed by atoms with Crippen LogP contribution < -0.4 is 15.4 Å². The van der Waals surface area contributed by atoms with Crippen LogP contribution in [-0.2, 0) is 10.9 Å². The molecule has 1 aromatic carbocycles. The van der Waals surface area contributed by atoms with Crippen molar-refractivity contribution in [3.8, 4) is 5.75 Å². The van der Waals surface area contributed by atoms with Gasteiger partial charge < -0.3 is 25.0 Å². The van der Waals surface area contributed by atoms with Gasteiger partial charge in [-0.1, -0.05) is 12.1 Å². The second kappa shape index (κ2) is 14.7. The molecule has 31 heavy (non-hydrogen) atoms. The summed E-state index contributed by atoms with van der Waals surface area (Å²) in [5.41, 5.74) is -0.767. The van der Waals surface area contributed by atoms with Gasteiger partial charge in [0.05, 0.1) is 12.1 Å². The number of piperidine rings is 1. The van der Waals surface area contributed by atoms with E-state index in [2.05, 4.69) is 20.5 Å². The highest BCUT2D eigenvalue weighted by Gasteiger charge is 2.33. The van der Waals surface area contributed by atoms with Gasteiger partial charge in [-0.25, -0.2) is 4.99 Å². The summed E-state index contributed by atoms with van der Waals surface area (Å²) in [6, 6.07) is 5.56. The lowest BCUT2D eigenvalue weighted by atomic mass is 10.1. The standard InChI is InChI=1S/C21H33F3N4O2.HI/c1-3-25-20(27-17-9-13-28(14-10-17)12-6-15-29-2)26-11-16-30-19-8-5-4-7-18(19)21(22,23)24;/h4-5,7-8,17H,3,6,9-16H2,1-2H3,(H2,25,26,27);1H. The predicted molar refractivity (Wildman–Crippen MR) is 127 cm³/mol. The fraction of sp³-hybridized carbons (Fsp3) is 0.667. The largest absolute Gasteiger partial charge is 0.491 e. The first-order valence-electron chi connectivity index (χ1n) is 10.5. The third kappa shape index (κ3) is 10.3. The number of benzene rings is 1. The number of ether oxygens (including phenoxy) is 2. The molecule has 0 spiro atoms. The van der Waals surface area contributed by atoms with Gasteiger partial charge in [-0.2, -0.15) is 13.2 Å². The molecule has 1 aliphatic rings. The Balaban J connectivity index is 0.00000480. The van der Waals surface area contributed by atoms with E-state index in [1.54, 1.807) is 7.11 Å². The number of halogens is 4. The molecule has 0 amide bonds. The number of rotatable bonds is 10. The monoisotopic (exact) mass is 558 g/mol. The minimum atomic E-state index is -4.44. The van der Waals surface area contributed by atoms with E-state index in [1.807, 2.05) is 6.92 Å². The van der Waals surface area contributed by atoms with Gasteiger partial charge >= 0.3 is 6.18 Å². The molecule has 0 unspecified atom stereocenters. The Labute approximate surface area is 200 Å². The van der Waals surface area contributed by atoms with Gasteiger partial charge in [0.1, 0.15) is 12.4 Å². The second-order valence-corrected chi connectivity index (χ2v) is 7.21. The summed E-state index contributed by atoms with van der Waals surface area (Å²) in [5.74, 6) is 0.502. The number of para-hydroxylation sites is 1. The van der Waals surface area contributed by atoms with Crippen molar-refractivity contribution in [2.75, 3.05) is 53.0 Å². The lowest BCUT2D eigenvalue weighted by molar-refractivity contribution is -0.138. The van der Waals surface area contributed by atoms with Crippen LogP contribution in [0, 0.1) is 0 Å².